The van der Waals surface area contributed by atoms with Gasteiger partial charge in [0.15, 0.2) is 5.75 Å². The summed E-state index contributed by atoms with van der Waals surface area (Å²) >= 11 is 18.2. The van der Waals surface area contributed by atoms with Gasteiger partial charge in [-0.2, -0.15) is 0 Å². The SMILES string of the molecule is C[C@@H](CCl)COc1c(Cl)cc(S(=O)(=O)c2ccc(OC[C@H](O)CNS(C)(=O)=O)cc2)cc1Cl. The minimum Gasteiger partial charge on any atom is -0.491 e. The molecule has 2 aromatic carbocycles. The van der Waals surface area contributed by atoms with Crippen LogP contribution in [0.25, 0.3) is 0 Å². The molecule has 0 amide bonds. The van der Waals surface area contributed by atoms with Crippen molar-refractivity contribution in [2.45, 2.75) is 22.8 Å². The Morgan fingerprint density at radius 1 is 0.970 bits per heavy atom. The number of nitrogens with one attached hydrogen (secondary N) is 1. The Morgan fingerprint density at radius 2 is 1.55 bits per heavy atom. The molecule has 0 aliphatic heterocycles. The molecule has 0 saturated heterocycles. The van der Waals surface area contributed by atoms with E-state index < -0.39 is 26.0 Å². The molecule has 0 unspecified atom stereocenters. The topological polar surface area (TPSA) is 119 Å². The van der Waals surface area contributed by atoms with Crippen LogP contribution in [0.3, 0.4) is 0 Å². The number of rotatable bonds is 12. The van der Waals surface area contributed by atoms with Gasteiger partial charge in [0.05, 0.1) is 32.7 Å². The number of alkyl halides is 1. The summed E-state index contributed by atoms with van der Waals surface area (Å²) < 4.78 is 61.2. The average molecular weight is 561 g/mol. The van der Waals surface area contributed by atoms with Gasteiger partial charge in [-0.3, -0.25) is 0 Å². The summed E-state index contributed by atoms with van der Waals surface area (Å²) in [7, 11) is -7.37. The van der Waals surface area contributed by atoms with Gasteiger partial charge in [0.2, 0.25) is 19.9 Å². The van der Waals surface area contributed by atoms with E-state index in [1.807, 2.05) is 6.92 Å². The maximum Gasteiger partial charge on any atom is 0.208 e. The van der Waals surface area contributed by atoms with Crippen molar-refractivity contribution in [3.8, 4) is 11.5 Å². The van der Waals surface area contributed by atoms with Crippen LogP contribution in [-0.4, -0.2) is 59.9 Å². The summed E-state index contributed by atoms with van der Waals surface area (Å²) in [5, 5.41) is 9.88. The zero-order valence-electron chi connectivity index (χ0n) is 17.8. The predicted octanol–water partition coefficient (Wildman–Crippen LogP) is 3.37. The highest BCUT2D eigenvalue weighted by Crippen LogP contribution is 2.37. The molecule has 184 valence electrons. The summed E-state index contributed by atoms with van der Waals surface area (Å²) in [5.74, 6) is 0.917. The van der Waals surface area contributed by atoms with Crippen molar-refractivity contribution in [1.82, 2.24) is 4.72 Å². The number of sulfonamides is 1. The van der Waals surface area contributed by atoms with Crippen molar-refractivity contribution in [2.24, 2.45) is 5.92 Å². The van der Waals surface area contributed by atoms with Crippen LogP contribution in [0.15, 0.2) is 46.2 Å². The number of ether oxygens (including phenoxy) is 2. The Labute approximate surface area is 208 Å². The Bertz CT molecular complexity index is 1130. The molecule has 2 rings (SSSR count). The fourth-order valence-corrected chi connectivity index (χ4v) is 5.07. The first-order valence-corrected chi connectivity index (χ1v) is 14.3. The molecular weight excluding hydrogens is 537 g/mol. The lowest BCUT2D eigenvalue weighted by atomic mass is 10.2. The fourth-order valence-electron chi connectivity index (χ4n) is 2.45. The number of hydrogen-bond acceptors (Lipinski definition) is 7. The van der Waals surface area contributed by atoms with Gasteiger partial charge in [-0.25, -0.2) is 21.6 Å². The van der Waals surface area contributed by atoms with Gasteiger partial charge in [0, 0.05) is 18.3 Å². The lowest BCUT2D eigenvalue weighted by molar-refractivity contribution is 0.111. The second-order valence-corrected chi connectivity index (χ2v) is 12.3. The maximum absolute atomic E-state index is 13.0. The molecule has 0 heterocycles. The van der Waals surface area contributed by atoms with Crippen LogP contribution in [-0.2, 0) is 19.9 Å². The van der Waals surface area contributed by atoms with Gasteiger partial charge in [-0.05, 0) is 36.4 Å². The van der Waals surface area contributed by atoms with Crippen LogP contribution in [0.4, 0.5) is 0 Å². The van der Waals surface area contributed by atoms with E-state index in [0.29, 0.717) is 11.6 Å². The van der Waals surface area contributed by atoms with Crippen LogP contribution >= 0.6 is 34.8 Å². The molecule has 2 aromatic rings. The summed E-state index contributed by atoms with van der Waals surface area (Å²) in [4.78, 5) is -0.128. The van der Waals surface area contributed by atoms with E-state index in [0.717, 1.165) is 6.26 Å². The summed E-state index contributed by atoms with van der Waals surface area (Å²) in [6.45, 7) is 1.75. The smallest absolute Gasteiger partial charge is 0.208 e. The standard InChI is InChI=1S/C20H24Cl3NO7S2/c1-13(9-21)11-31-20-18(22)7-17(8-19(20)23)33(28,29)16-5-3-15(4-6-16)30-12-14(25)10-24-32(2,26)27/h3-8,13-14,24-25H,9-12H2,1-2H3/t13-,14+/m0/s1. The maximum atomic E-state index is 13.0. The number of aliphatic hydroxyl groups is 1. The van der Waals surface area contributed by atoms with Crippen LogP contribution in [0.2, 0.25) is 10.0 Å². The highest BCUT2D eigenvalue weighted by atomic mass is 35.5. The van der Waals surface area contributed by atoms with Gasteiger partial charge >= 0.3 is 0 Å². The second-order valence-electron chi connectivity index (χ2n) is 7.35. The molecule has 0 radical (unpaired) electrons. The Balaban J connectivity index is 2.11. The Hall–Kier alpha value is -1.27. The van der Waals surface area contributed by atoms with Gasteiger partial charge in [0.25, 0.3) is 0 Å². The van der Waals surface area contributed by atoms with Crippen molar-refractivity contribution in [3.63, 3.8) is 0 Å². The van der Waals surface area contributed by atoms with Crippen molar-refractivity contribution in [2.75, 3.05) is 31.9 Å². The van der Waals surface area contributed by atoms with Crippen molar-refractivity contribution >= 4 is 54.7 Å². The average Bonchev–Trinajstić information content (AvgIpc) is 2.75. The van der Waals surface area contributed by atoms with Gasteiger partial charge < -0.3 is 14.6 Å². The van der Waals surface area contributed by atoms with Gasteiger partial charge in [0.1, 0.15) is 18.5 Å². The third-order valence-corrected chi connectivity index (χ3v) is 7.74. The first-order chi connectivity index (χ1) is 15.3. The first kappa shape index (κ1) is 28.0. The molecule has 0 fully saturated rings. The zero-order chi connectivity index (χ0) is 24.8. The van der Waals surface area contributed by atoms with E-state index in [1.165, 1.54) is 36.4 Å². The van der Waals surface area contributed by atoms with Gasteiger partial charge in [-0.1, -0.05) is 30.1 Å². The van der Waals surface area contributed by atoms with Crippen molar-refractivity contribution < 1.29 is 31.4 Å². The van der Waals surface area contributed by atoms with E-state index in [1.54, 1.807) is 0 Å². The molecular formula is C20H24Cl3NO7S2. The van der Waals surface area contributed by atoms with E-state index in [2.05, 4.69) is 4.72 Å². The van der Waals surface area contributed by atoms with Crippen LogP contribution in [0.1, 0.15) is 6.92 Å². The molecule has 0 aliphatic rings. The van der Waals surface area contributed by atoms with Crippen molar-refractivity contribution in [1.29, 1.82) is 0 Å². The number of hydrogen-bond donors (Lipinski definition) is 2. The molecule has 8 nitrogen and oxygen atoms in total. The van der Waals surface area contributed by atoms with Crippen LogP contribution < -0.4 is 14.2 Å². The fraction of sp³-hybridized carbons (Fsp3) is 0.400. The Morgan fingerprint density at radius 3 is 2.06 bits per heavy atom. The largest absolute Gasteiger partial charge is 0.491 e. The number of benzene rings is 2. The number of sulfone groups is 1. The number of halogens is 3. The summed E-state index contributed by atoms with van der Waals surface area (Å²) in [6, 6.07) is 8.02. The molecule has 2 N–H and O–H groups in total. The van der Waals surface area contributed by atoms with E-state index in [4.69, 9.17) is 44.3 Å². The minimum atomic E-state index is -3.94. The highest BCUT2D eigenvalue weighted by molar-refractivity contribution is 7.91. The zero-order valence-corrected chi connectivity index (χ0v) is 21.7. The summed E-state index contributed by atoms with van der Waals surface area (Å²) in [5.41, 5.74) is 0. The van der Waals surface area contributed by atoms with Crippen LogP contribution in [0, 0.1) is 5.92 Å². The monoisotopic (exact) mass is 559 g/mol. The molecule has 13 heteroatoms. The van der Waals surface area contributed by atoms with E-state index >= 15 is 0 Å². The second kappa shape index (κ2) is 11.9. The van der Waals surface area contributed by atoms with Crippen LogP contribution in [0.5, 0.6) is 11.5 Å². The Kier molecular flexibility index (Phi) is 10.1. The molecule has 33 heavy (non-hydrogen) atoms. The van der Waals surface area contributed by atoms with Gasteiger partial charge in [-0.15, -0.1) is 11.6 Å². The number of aliphatic hydroxyl groups excluding tert-OH is 1. The normalized spacial score (nSPS) is 14.0. The quantitative estimate of drug-likeness (QED) is 0.382. The first-order valence-electron chi connectivity index (χ1n) is 9.62. The third-order valence-electron chi connectivity index (χ3n) is 4.22. The van der Waals surface area contributed by atoms with Crippen molar-refractivity contribution in [3.05, 3.63) is 46.4 Å². The highest BCUT2D eigenvalue weighted by Gasteiger charge is 2.22. The molecule has 0 saturated carbocycles. The van der Waals surface area contributed by atoms with E-state index in [-0.39, 0.29) is 51.3 Å². The lowest BCUT2D eigenvalue weighted by Gasteiger charge is -2.15. The molecule has 0 aliphatic carbocycles. The molecule has 2 atom stereocenters. The predicted molar refractivity (Wildman–Crippen MR) is 128 cm³/mol. The van der Waals surface area contributed by atoms with E-state index in [9.17, 15) is 21.9 Å². The lowest BCUT2D eigenvalue weighted by Crippen LogP contribution is -2.34. The molecule has 0 spiro atoms. The molecule has 0 bridgehead atoms. The minimum absolute atomic E-state index is 0.0225. The molecule has 0 aromatic heterocycles. The summed E-state index contributed by atoms with van der Waals surface area (Å²) in [6.07, 6.45) is -0.108. The third kappa shape index (κ3) is 8.47.